The Morgan fingerprint density at radius 1 is 1.79 bits per heavy atom. The summed E-state index contributed by atoms with van der Waals surface area (Å²) in [6.45, 7) is 2.08. The molecule has 0 saturated heterocycles. The van der Waals surface area contributed by atoms with Crippen LogP contribution in [0.3, 0.4) is 0 Å². The molecule has 0 spiro atoms. The van der Waals surface area contributed by atoms with Gasteiger partial charge in [-0.2, -0.15) is 0 Å². The van der Waals surface area contributed by atoms with E-state index in [4.69, 9.17) is 10.8 Å². The molecule has 1 atom stereocenters. The smallest absolute Gasteiger partial charge is 0.314 e. The van der Waals surface area contributed by atoms with Crippen molar-refractivity contribution in [2.75, 3.05) is 6.54 Å². The zero-order valence-corrected chi connectivity index (χ0v) is 10.2. The fraction of sp³-hybridized carbons (Fsp3) is 0.444. The molecule has 1 aromatic heterocycles. The van der Waals surface area contributed by atoms with Crippen LogP contribution < -0.4 is 5.73 Å². The van der Waals surface area contributed by atoms with Gasteiger partial charge in [-0.05, 0) is 41.9 Å². The minimum Gasteiger partial charge on any atom is -0.481 e. The molecule has 5 heteroatoms. The van der Waals surface area contributed by atoms with E-state index >= 15 is 0 Å². The first-order valence-electron chi connectivity index (χ1n) is 4.18. The second kappa shape index (κ2) is 4.42. The molecular formula is C9H12BrNO2S. The SMILES string of the molecule is CC(CCN)(C(=O)O)c1cc(Br)cs1. The summed E-state index contributed by atoms with van der Waals surface area (Å²) in [5.74, 6) is -0.822. The van der Waals surface area contributed by atoms with Crippen LogP contribution in [0.4, 0.5) is 0 Å². The largest absolute Gasteiger partial charge is 0.481 e. The monoisotopic (exact) mass is 277 g/mol. The highest BCUT2D eigenvalue weighted by Gasteiger charge is 2.35. The highest BCUT2D eigenvalue weighted by molar-refractivity contribution is 9.10. The first kappa shape index (κ1) is 11.7. The van der Waals surface area contributed by atoms with Crippen molar-refractivity contribution >= 4 is 33.2 Å². The van der Waals surface area contributed by atoms with E-state index in [1.807, 2.05) is 11.4 Å². The number of carboxylic acid groups (broad SMARTS) is 1. The molecular weight excluding hydrogens is 266 g/mol. The van der Waals surface area contributed by atoms with Gasteiger partial charge in [-0.1, -0.05) is 0 Å². The van der Waals surface area contributed by atoms with Crippen LogP contribution in [0.5, 0.6) is 0 Å². The van der Waals surface area contributed by atoms with E-state index in [1.165, 1.54) is 11.3 Å². The molecule has 0 fully saturated rings. The fourth-order valence-electron chi connectivity index (χ4n) is 1.23. The lowest BCUT2D eigenvalue weighted by atomic mass is 9.85. The van der Waals surface area contributed by atoms with Crippen LogP contribution >= 0.6 is 27.3 Å². The summed E-state index contributed by atoms with van der Waals surface area (Å²) < 4.78 is 0.919. The van der Waals surface area contributed by atoms with Crippen molar-refractivity contribution < 1.29 is 9.90 Å². The Morgan fingerprint density at radius 3 is 2.79 bits per heavy atom. The van der Waals surface area contributed by atoms with E-state index in [0.717, 1.165) is 9.35 Å². The number of carboxylic acids is 1. The maximum atomic E-state index is 11.2. The third-order valence-electron chi connectivity index (χ3n) is 2.23. The number of hydrogen-bond acceptors (Lipinski definition) is 3. The summed E-state index contributed by atoms with van der Waals surface area (Å²) in [6.07, 6.45) is 0.454. The van der Waals surface area contributed by atoms with E-state index in [9.17, 15) is 4.79 Å². The van der Waals surface area contributed by atoms with Gasteiger partial charge in [0.25, 0.3) is 0 Å². The number of rotatable bonds is 4. The van der Waals surface area contributed by atoms with Crippen molar-refractivity contribution in [3.8, 4) is 0 Å². The summed E-state index contributed by atoms with van der Waals surface area (Å²) in [6, 6.07) is 1.84. The molecule has 0 saturated carbocycles. The topological polar surface area (TPSA) is 63.3 Å². The Hall–Kier alpha value is -0.390. The molecule has 0 aliphatic carbocycles. The van der Waals surface area contributed by atoms with E-state index < -0.39 is 11.4 Å². The number of aliphatic carboxylic acids is 1. The predicted molar refractivity (Wildman–Crippen MR) is 60.7 cm³/mol. The first-order valence-corrected chi connectivity index (χ1v) is 5.86. The quantitative estimate of drug-likeness (QED) is 0.887. The fourth-order valence-corrected chi connectivity index (χ4v) is 2.84. The maximum absolute atomic E-state index is 11.2. The van der Waals surface area contributed by atoms with Gasteiger partial charge < -0.3 is 10.8 Å². The maximum Gasteiger partial charge on any atom is 0.314 e. The molecule has 0 bridgehead atoms. The molecule has 3 N–H and O–H groups in total. The van der Waals surface area contributed by atoms with Crippen molar-refractivity contribution in [1.29, 1.82) is 0 Å². The molecule has 0 aliphatic heterocycles. The lowest BCUT2D eigenvalue weighted by molar-refractivity contribution is -0.143. The summed E-state index contributed by atoms with van der Waals surface area (Å²) >= 11 is 4.75. The molecule has 1 rings (SSSR count). The first-order chi connectivity index (χ1) is 6.50. The summed E-state index contributed by atoms with van der Waals surface area (Å²) in [4.78, 5) is 12.0. The number of carbonyl (C=O) groups is 1. The molecule has 0 aliphatic rings. The lowest BCUT2D eigenvalue weighted by Crippen LogP contribution is -2.33. The minimum atomic E-state index is -0.856. The summed E-state index contributed by atoms with van der Waals surface area (Å²) in [5, 5.41) is 11.0. The van der Waals surface area contributed by atoms with Gasteiger partial charge >= 0.3 is 5.97 Å². The van der Waals surface area contributed by atoms with Gasteiger partial charge in [0.05, 0.1) is 0 Å². The molecule has 0 aromatic carbocycles. The second-order valence-corrected chi connectivity index (χ2v) is 5.13. The minimum absolute atomic E-state index is 0.373. The van der Waals surface area contributed by atoms with E-state index in [-0.39, 0.29) is 0 Å². The number of nitrogens with two attached hydrogens (primary N) is 1. The van der Waals surface area contributed by atoms with Crippen LogP contribution in [0.15, 0.2) is 15.9 Å². The standard InChI is InChI=1S/C9H12BrNO2S/c1-9(2-3-11,8(12)13)7-4-6(10)5-14-7/h4-5H,2-3,11H2,1H3,(H,12,13). The normalized spacial score (nSPS) is 15.1. The molecule has 1 unspecified atom stereocenters. The summed E-state index contributed by atoms with van der Waals surface area (Å²) in [7, 11) is 0. The van der Waals surface area contributed by atoms with E-state index in [0.29, 0.717) is 13.0 Å². The van der Waals surface area contributed by atoms with Gasteiger partial charge in [0, 0.05) is 14.7 Å². The van der Waals surface area contributed by atoms with Gasteiger partial charge in [-0.25, -0.2) is 0 Å². The Kier molecular flexibility index (Phi) is 3.69. The van der Waals surface area contributed by atoms with Crippen LogP contribution in [-0.4, -0.2) is 17.6 Å². The molecule has 1 aromatic rings. The van der Waals surface area contributed by atoms with Crippen LogP contribution in [0, 0.1) is 0 Å². The summed E-state index contributed by atoms with van der Waals surface area (Å²) in [5.41, 5.74) is 4.57. The van der Waals surface area contributed by atoms with Crippen molar-refractivity contribution in [2.24, 2.45) is 5.73 Å². The van der Waals surface area contributed by atoms with Gasteiger partial charge in [-0.15, -0.1) is 11.3 Å². The van der Waals surface area contributed by atoms with Crippen molar-refractivity contribution in [2.45, 2.75) is 18.8 Å². The number of hydrogen-bond donors (Lipinski definition) is 2. The van der Waals surface area contributed by atoms with Crippen LogP contribution in [0.25, 0.3) is 0 Å². The molecule has 0 amide bonds. The van der Waals surface area contributed by atoms with E-state index in [2.05, 4.69) is 15.9 Å². The van der Waals surface area contributed by atoms with Gasteiger partial charge in [-0.3, -0.25) is 4.79 Å². The van der Waals surface area contributed by atoms with Crippen LogP contribution in [0.2, 0.25) is 0 Å². The third kappa shape index (κ3) is 2.16. The average Bonchev–Trinajstić information content (AvgIpc) is 2.52. The number of thiophene rings is 1. The zero-order chi connectivity index (χ0) is 10.8. The second-order valence-electron chi connectivity index (χ2n) is 3.31. The molecule has 78 valence electrons. The van der Waals surface area contributed by atoms with Crippen molar-refractivity contribution in [3.05, 3.63) is 20.8 Å². The van der Waals surface area contributed by atoms with E-state index in [1.54, 1.807) is 6.92 Å². The Labute approximate surface area is 95.1 Å². The Morgan fingerprint density at radius 2 is 2.43 bits per heavy atom. The highest BCUT2D eigenvalue weighted by atomic mass is 79.9. The molecule has 1 heterocycles. The number of halogens is 1. The lowest BCUT2D eigenvalue weighted by Gasteiger charge is -2.22. The molecule has 14 heavy (non-hydrogen) atoms. The van der Waals surface area contributed by atoms with Gasteiger partial charge in [0.15, 0.2) is 0 Å². The molecule has 3 nitrogen and oxygen atoms in total. The van der Waals surface area contributed by atoms with Crippen molar-refractivity contribution in [3.63, 3.8) is 0 Å². The zero-order valence-electron chi connectivity index (χ0n) is 7.79. The van der Waals surface area contributed by atoms with Gasteiger partial charge in [0.2, 0.25) is 0 Å². The third-order valence-corrected chi connectivity index (χ3v) is 4.18. The van der Waals surface area contributed by atoms with Gasteiger partial charge in [0.1, 0.15) is 5.41 Å². The Balaban J connectivity index is 3.05. The molecule has 0 radical (unpaired) electrons. The van der Waals surface area contributed by atoms with Crippen LogP contribution in [-0.2, 0) is 10.2 Å². The Bertz CT molecular complexity index is 339. The average molecular weight is 278 g/mol. The van der Waals surface area contributed by atoms with Crippen molar-refractivity contribution in [1.82, 2.24) is 0 Å². The van der Waals surface area contributed by atoms with Crippen LogP contribution in [0.1, 0.15) is 18.2 Å². The highest BCUT2D eigenvalue weighted by Crippen LogP contribution is 2.34. The predicted octanol–water partition coefficient (Wildman–Crippen LogP) is 2.20.